The average Bonchev–Trinajstić information content (AvgIpc) is 3.93. The molecule has 19 nitrogen and oxygen atoms in total. The first-order chi connectivity index (χ1) is 34.4. The Morgan fingerprint density at radius 3 is 1.94 bits per heavy atom. The summed E-state index contributed by atoms with van der Waals surface area (Å²) in [4.78, 5) is 81.5. The van der Waals surface area contributed by atoms with Crippen molar-refractivity contribution >= 4 is 62.9 Å². The van der Waals surface area contributed by atoms with Gasteiger partial charge in [0.15, 0.2) is 17.2 Å². The van der Waals surface area contributed by atoms with E-state index in [1.807, 2.05) is 0 Å². The fraction of sp³-hybridized carbons (Fsp3) is 0.235. The van der Waals surface area contributed by atoms with Crippen LogP contribution in [0.15, 0.2) is 97.1 Å². The van der Waals surface area contributed by atoms with Crippen molar-refractivity contribution in [3.63, 3.8) is 0 Å². The van der Waals surface area contributed by atoms with Gasteiger partial charge in [0.2, 0.25) is 23.6 Å². The summed E-state index contributed by atoms with van der Waals surface area (Å²) in [5.74, 6) is -6.06. The van der Waals surface area contributed by atoms with Gasteiger partial charge in [-0.2, -0.15) is 15.5 Å². The largest absolute Gasteiger partial charge is 0.394 e. The number of nitrogens with one attached hydrogen (secondary N) is 2. The molecule has 0 unspecified atom stereocenters. The van der Waals surface area contributed by atoms with Crippen molar-refractivity contribution in [3.8, 4) is 28.3 Å². The molecule has 72 heavy (non-hydrogen) atoms. The number of halogens is 2. The number of rotatable bonds is 19. The van der Waals surface area contributed by atoms with E-state index >= 15 is 4.39 Å². The molecule has 5 aromatic carbocycles. The number of nitrogens with zero attached hydrogens (tertiary/aromatic N) is 7. The highest BCUT2D eigenvalue weighted by atomic mass is 19.1. The van der Waals surface area contributed by atoms with Crippen LogP contribution in [0.2, 0.25) is 0 Å². The van der Waals surface area contributed by atoms with Crippen molar-refractivity contribution in [1.82, 2.24) is 34.7 Å². The molecule has 0 radical (unpaired) electrons. The van der Waals surface area contributed by atoms with E-state index in [1.54, 1.807) is 73.7 Å². The number of aliphatic hydroxyl groups excluding tert-OH is 2. The summed E-state index contributed by atoms with van der Waals surface area (Å²) >= 11 is 0. The molecule has 21 heteroatoms. The summed E-state index contributed by atoms with van der Waals surface area (Å²) in [6.45, 7) is 1.48. The van der Waals surface area contributed by atoms with Crippen molar-refractivity contribution in [1.29, 1.82) is 5.26 Å². The van der Waals surface area contributed by atoms with Crippen molar-refractivity contribution in [3.05, 3.63) is 137 Å². The molecule has 0 saturated heterocycles. The average molecular weight is 982 g/mol. The molecule has 2 heterocycles. The van der Waals surface area contributed by atoms with Gasteiger partial charge in [0, 0.05) is 28.4 Å². The Morgan fingerprint density at radius 2 is 1.29 bits per heavy atom. The Kier molecular flexibility index (Phi) is 15.5. The third-order valence-electron chi connectivity index (χ3n) is 12.1. The number of aliphatic hydroxyl groups is 2. The zero-order valence-electron chi connectivity index (χ0n) is 39.2. The lowest BCUT2D eigenvalue weighted by atomic mass is 9.93. The van der Waals surface area contributed by atoms with Gasteiger partial charge >= 0.3 is 0 Å². The molecule has 2 aromatic heterocycles. The summed E-state index contributed by atoms with van der Waals surface area (Å²) in [5.41, 5.74) is 13.6. The lowest BCUT2D eigenvalue weighted by Crippen LogP contribution is -2.47. The van der Waals surface area contributed by atoms with Crippen LogP contribution in [0.1, 0.15) is 51.5 Å². The molecule has 370 valence electrons. The molecule has 7 aromatic rings. The van der Waals surface area contributed by atoms with Crippen LogP contribution < -0.4 is 22.1 Å². The third-order valence-corrected chi connectivity index (χ3v) is 12.1. The molecule has 7 rings (SSSR count). The Morgan fingerprint density at radius 1 is 0.708 bits per heavy atom. The number of para-hydroxylation sites is 1. The minimum absolute atomic E-state index is 0.0418. The number of hydrogen-bond acceptors (Lipinski definition) is 11. The van der Waals surface area contributed by atoms with Gasteiger partial charge in [0.25, 0.3) is 11.8 Å². The number of carbonyl (C=O) groups is 6. The maximum absolute atomic E-state index is 16.6. The summed E-state index contributed by atoms with van der Waals surface area (Å²) < 4.78 is 33.8. The Balaban J connectivity index is 1.12. The predicted molar refractivity (Wildman–Crippen MR) is 260 cm³/mol. The van der Waals surface area contributed by atoms with Gasteiger partial charge in [-0.1, -0.05) is 66.7 Å². The van der Waals surface area contributed by atoms with Crippen LogP contribution in [0.25, 0.3) is 44.1 Å². The highest BCUT2D eigenvalue weighted by Gasteiger charge is 2.28. The van der Waals surface area contributed by atoms with Crippen molar-refractivity contribution in [2.24, 2.45) is 11.5 Å². The molecule has 0 aliphatic rings. The molecule has 0 aliphatic heterocycles. The number of carbonyl (C=O) groups excluding carboxylic acids is 6. The number of aromatic nitrogens is 4. The maximum Gasteiger partial charge on any atom is 0.269 e. The standard InChI is InChI=1S/C51H49F2N11O8/c1-28-17-18-31(19-37(28)35-13-7-14-38(47(35)53)58-42(68)23-62(30(3)27-66)43(69)24-63-39-15-5-4-11-36(39)48(59-63)50(55)71)34-12-8-16-40-45(34)49(51(56)72)60-64(40)25-44(70)61(29(2)26-65)22-41(67)57-21-33-10-6-9-32(20-54)46(33)52/h4-19,29-30,65-66H,21-27H2,1-3H3,(H2,55,71)(H2,56,72)(H,57,67)(H,58,68)/t29-,30-/m1/s1. The van der Waals surface area contributed by atoms with Crippen molar-refractivity contribution < 1.29 is 47.8 Å². The smallest absolute Gasteiger partial charge is 0.269 e. The maximum atomic E-state index is 16.6. The number of hydrogen-bond donors (Lipinski definition) is 6. The molecule has 8 N–H and O–H groups in total. The molecule has 0 bridgehead atoms. The highest BCUT2D eigenvalue weighted by Crippen LogP contribution is 2.37. The number of primary amides is 2. The molecule has 0 spiro atoms. The third kappa shape index (κ3) is 10.6. The zero-order chi connectivity index (χ0) is 52.0. The van der Waals surface area contributed by atoms with Crippen LogP contribution in [0.5, 0.6) is 0 Å². The summed E-state index contributed by atoms with van der Waals surface area (Å²) in [6.07, 6.45) is 0. The monoisotopic (exact) mass is 981 g/mol. The highest BCUT2D eigenvalue weighted by molar-refractivity contribution is 6.10. The molecular formula is C51H49F2N11O8. The lowest BCUT2D eigenvalue weighted by molar-refractivity contribution is -0.139. The first kappa shape index (κ1) is 51.0. The Labute approximate surface area is 410 Å². The van der Waals surface area contributed by atoms with Crippen LogP contribution in [-0.2, 0) is 38.8 Å². The van der Waals surface area contributed by atoms with E-state index in [1.165, 1.54) is 59.6 Å². The van der Waals surface area contributed by atoms with E-state index < -0.39 is 98.6 Å². The van der Waals surface area contributed by atoms with E-state index in [0.717, 1.165) is 9.80 Å². The van der Waals surface area contributed by atoms with E-state index in [4.69, 9.17) is 16.7 Å². The summed E-state index contributed by atoms with van der Waals surface area (Å²) in [7, 11) is 0. The Bertz CT molecular complexity index is 3330. The van der Waals surface area contributed by atoms with Crippen LogP contribution in [0, 0.1) is 29.9 Å². The van der Waals surface area contributed by atoms with Gasteiger partial charge in [0.05, 0.1) is 54.1 Å². The second-order valence-corrected chi connectivity index (χ2v) is 17.0. The first-order valence-corrected chi connectivity index (χ1v) is 22.4. The van der Waals surface area contributed by atoms with Gasteiger partial charge < -0.3 is 42.1 Å². The van der Waals surface area contributed by atoms with Crippen molar-refractivity contribution in [2.75, 3.05) is 31.6 Å². The van der Waals surface area contributed by atoms with Gasteiger partial charge in [-0.3, -0.25) is 38.1 Å². The minimum Gasteiger partial charge on any atom is -0.394 e. The molecule has 6 amide bonds. The van der Waals surface area contributed by atoms with Gasteiger partial charge in [0.1, 0.15) is 31.5 Å². The number of fused-ring (bicyclic) bond motifs is 2. The molecule has 0 saturated carbocycles. The van der Waals surface area contributed by atoms with E-state index in [9.17, 15) is 43.4 Å². The first-order valence-electron chi connectivity index (χ1n) is 22.4. The number of anilines is 1. The van der Waals surface area contributed by atoms with Gasteiger partial charge in [-0.25, -0.2) is 8.78 Å². The van der Waals surface area contributed by atoms with Crippen LogP contribution in [0.4, 0.5) is 14.5 Å². The van der Waals surface area contributed by atoms with Crippen LogP contribution in [0.3, 0.4) is 0 Å². The zero-order valence-corrected chi connectivity index (χ0v) is 39.2. The number of nitriles is 1. The summed E-state index contributed by atoms with van der Waals surface area (Å²) in [5, 5.41) is 43.6. The van der Waals surface area contributed by atoms with Crippen molar-refractivity contribution in [2.45, 2.75) is 52.5 Å². The molecule has 0 fully saturated rings. The minimum atomic E-state index is -0.922. The second-order valence-electron chi connectivity index (χ2n) is 17.0. The number of aryl methyl sites for hydroxylation is 1. The van der Waals surface area contributed by atoms with E-state index in [-0.39, 0.29) is 45.7 Å². The Hall–Kier alpha value is -8.87. The SMILES string of the molecule is Cc1ccc(-c2cccc3c2c(C(N)=O)nn3CC(=O)N(CC(=O)NCc2cccc(C#N)c2F)[C@H](C)CO)cc1-c1cccc(NC(=O)CN(C(=O)Cn2nc(C(N)=O)c3ccccc32)[C@H](C)CO)c1F. The van der Waals surface area contributed by atoms with E-state index in [2.05, 4.69) is 20.8 Å². The molecule has 0 aliphatic carbocycles. The van der Waals surface area contributed by atoms with Crippen LogP contribution >= 0.6 is 0 Å². The molecule has 2 atom stereocenters. The molecular weight excluding hydrogens is 933 g/mol. The lowest BCUT2D eigenvalue weighted by Gasteiger charge is -2.27. The number of benzene rings is 5. The van der Waals surface area contributed by atoms with E-state index in [0.29, 0.717) is 38.7 Å². The topological polar surface area (TPSA) is 285 Å². The summed E-state index contributed by atoms with van der Waals surface area (Å²) in [6, 6.07) is 25.4. The number of nitrogens with two attached hydrogens (primary N) is 2. The van der Waals surface area contributed by atoms with Gasteiger partial charge in [-0.05, 0) is 73.4 Å². The fourth-order valence-electron chi connectivity index (χ4n) is 8.27. The fourth-order valence-corrected chi connectivity index (χ4v) is 8.27. The van der Waals surface area contributed by atoms with Gasteiger partial charge in [-0.15, -0.1) is 0 Å². The normalized spacial score (nSPS) is 12.0. The quantitative estimate of drug-likeness (QED) is 0.0679. The predicted octanol–water partition coefficient (Wildman–Crippen LogP) is 3.75. The number of amides is 6. The van der Waals surface area contributed by atoms with Crippen LogP contribution in [-0.4, -0.2) is 113 Å². The second kappa shape index (κ2) is 21.8.